The molecule has 1 aromatic heterocycles. The second-order valence-electron chi connectivity index (χ2n) is 6.82. The Hall–Kier alpha value is -1.84. The van der Waals surface area contributed by atoms with Gasteiger partial charge in [-0.1, -0.05) is 70.4 Å². The van der Waals surface area contributed by atoms with Gasteiger partial charge in [0.1, 0.15) is 5.82 Å². The Morgan fingerprint density at radius 3 is 2.40 bits per heavy atom. The number of nitrogens with one attached hydrogen (secondary N) is 1. The Bertz CT molecular complexity index is 621. The van der Waals surface area contributed by atoms with Gasteiger partial charge in [0.2, 0.25) is 6.41 Å². The van der Waals surface area contributed by atoms with Gasteiger partial charge in [-0.15, -0.1) is 0 Å². The Balaban J connectivity index is 1.78. The summed E-state index contributed by atoms with van der Waals surface area (Å²) in [6.45, 7) is 3.93. The third-order valence-electron chi connectivity index (χ3n) is 4.80. The van der Waals surface area contributed by atoms with Crippen molar-refractivity contribution >= 4 is 17.4 Å². The Labute approximate surface area is 152 Å². The molecule has 0 fully saturated rings. The molecule has 4 heteroatoms. The number of imidazole rings is 1. The standard InChI is InChI=1S/C21H33N3O/c1-2-3-4-5-6-7-8-9-12-17-24-20-14-11-10-13-19(20)23-21(24)15-16-22-18-25/h10-11,13-14,18H,2-9,12,15-17H2,1H3,(H,22,25). The van der Waals surface area contributed by atoms with E-state index in [9.17, 15) is 4.79 Å². The van der Waals surface area contributed by atoms with Gasteiger partial charge >= 0.3 is 0 Å². The van der Waals surface area contributed by atoms with Crippen LogP contribution in [0.1, 0.15) is 70.5 Å². The van der Waals surface area contributed by atoms with Crippen LogP contribution in [-0.4, -0.2) is 22.5 Å². The fourth-order valence-corrected chi connectivity index (χ4v) is 3.39. The minimum atomic E-state index is 0.643. The van der Waals surface area contributed by atoms with Crippen LogP contribution in [0.4, 0.5) is 0 Å². The zero-order valence-electron chi connectivity index (χ0n) is 15.7. The second-order valence-corrected chi connectivity index (χ2v) is 6.82. The van der Waals surface area contributed by atoms with E-state index < -0.39 is 0 Å². The number of rotatable bonds is 14. The molecule has 0 saturated carbocycles. The van der Waals surface area contributed by atoms with Crippen LogP contribution in [-0.2, 0) is 17.8 Å². The number of aromatic nitrogens is 2. The van der Waals surface area contributed by atoms with Crippen molar-refractivity contribution in [1.82, 2.24) is 14.9 Å². The van der Waals surface area contributed by atoms with E-state index in [1.807, 2.05) is 6.07 Å². The number of benzene rings is 1. The van der Waals surface area contributed by atoms with E-state index in [0.717, 1.165) is 30.7 Å². The lowest BCUT2D eigenvalue weighted by molar-refractivity contribution is -0.109. The summed E-state index contributed by atoms with van der Waals surface area (Å²) >= 11 is 0. The molecule has 0 spiro atoms. The third kappa shape index (κ3) is 6.52. The van der Waals surface area contributed by atoms with Gasteiger partial charge in [0.25, 0.3) is 0 Å². The maximum absolute atomic E-state index is 10.5. The summed E-state index contributed by atoms with van der Waals surface area (Å²) in [6.07, 6.45) is 13.6. The van der Waals surface area contributed by atoms with Crippen LogP contribution in [0.3, 0.4) is 0 Å². The van der Waals surface area contributed by atoms with Gasteiger partial charge in [0, 0.05) is 19.5 Å². The zero-order chi connectivity index (χ0) is 17.7. The average Bonchev–Trinajstić information content (AvgIpc) is 2.98. The fourth-order valence-electron chi connectivity index (χ4n) is 3.39. The third-order valence-corrected chi connectivity index (χ3v) is 4.80. The van der Waals surface area contributed by atoms with E-state index in [2.05, 4.69) is 35.0 Å². The number of carbonyl (C=O) groups excluding carboxylic acids is 1. The molecule has 4 nitrogen and oxygen atoms in total. The first kappa shape index (κ1) is 19.5. The lowest BCUT2D eigenvalue weighted by Gasteiger charge is -2.09. The Morgan fingerprint density at radius 2 is 1.68 bits per heavy atom. The molecule has 0 saturated heterocycles. The quantitative estimate of drug-likeness (QED) is 0.393. The van der Waals surface area contributed by atoms with Gasteiger partial charge in [-0.05, 0) is 18.6 Å². The van der Waals surface area contributed by atoms with Gasteiger partial charge in [-0.25, -0.2) is 4.98 Å². The molecule has 0 aliphatic heterocycles. The SMILES string of the molecule is CCCCCCCCCCCn1c(CCNC=O)nc2ccccc21. The normalized spacial score (nSPS) is 11.1. The van der Waals surface area contributed by atoms with Crippen LogP contribution in [0, 0.1) is 0 Å². The predicted molar refractivity (Wildman–Crippen MR) is 105 cm³/mol. The largest absolute Gasteiger partial charge is 0.358 e. The maximum Gasteiger partial charge on any atom is 0.207 e. The molecule has 1 heterocycles. The number of aryl methyl sites for hydroxylation is 1. The van der Waals surface area contributed by atoms with Gasteiger partial charge in [0.05, 0.1) is 11.0 Å². The summed E-state index contributed by atoms with van der Waals surface area (Å²) in [5.41, 5.74) is 2.27. The number of para-hydroxylation sites is 2. The molecule has 2 aromatic rings. The van der Waals surface area contributed by atoms with Gasteiger partial charge < -0.3 is 9.88 Å². The van der Waals surface area contributed by atoms with E-state index in [1.165, 1.54) is 63.3 Å². The van der Waals surface area contributed by atoms with Crippen molar-refractivity contribution in [3.8, 4) is 0 Å². The monoisotopic (exact) mass is 343 g/mol. The molecule has 0 aliphatic carbocycles. The smallest absolute Gasteiger partial charge is 0.207 e. The lowest BCUT2D eigenvalue weighted by Crippen LogP contribution is -2.17. The minimum Gasteiger partial charge on any atom is -0.358 e. The number of hydrogen-bond acceptors (Lipinski definition) is 2. The van der Waals surface area contributed by atoms with Crippen LogP contribution in [0.25, 0.3) is 11.0 Å². The van der Waals surface area contributed by atoms with Crippen LogP contribution < -0.4 is 5.32 Å². The lowest BCUT2D eigenvalue weighted by atomic mass is 10.1. The van der Waals surface area contributed by atoms with Crippen molar-refractivity contribution in [2.75, 3.05) is 6.54 Å². The first-order valence-electron chi connectivity index (χ1n) is 9.98. The van der Waals surface area contributed by atoms with E-state index >= 15 is 0 Å². The molecule has 25 heavy (non-hydrogen) atoms. The topological polar surface area (TPSA) is 46.9 Å². The molecule has 0 unspecified atom stereocenters. The Morgan fingerprint density at radius 1 is 1.00 bits per heavy atom. The highest BCUT2D eigenvalue weighted by atomic mass is 16.1. The molecule has 0 aliphatic rings. The summed E-state index contributed by atoms with van der Waals surface area (Å²) < 4.78 is 2.34. The molecule has 0 atom stereocenters. The summed E-state index contributed by atoms with van der Waals surface area (Å²) in [5, 5.41) is 2.74. The molecular formula is C21H33N3O. The zero-order valence-corrected chi connectivity index (χ0v) is 15.7. The van der Waals surface area contributed by atoms with Crippen LogP contribution in [0.5, 0.6) is 0 Å². The molecule has 138 valence electrons. The highest BCUT2D eigenvalue weighted by molar-refractivity contribution is 5.75. The average molecular weight is 344 g/mol. The molecule has 1 N–H and O–H groups in total. The van der Waals surface area contributed by atoms with Crippen molar-refractivity contribution in [3.05, 3.63) is 30.1 Å². The molecule has 1 amide bonds. The highest BCUT2D eigenvalue weighted by Gasteiger charge is 2.09. The number of nitrogens with zero attached hydrogens (tertiary/aromatic N) is 2. The van der Waals surface area contributed by atoms with E-state index in [1.54, 1.807) is 0 Å². The molecule has 0 radical (unpaired) electrons. The molecule has 2 rings (SSSR count). The molecule has 0 bridgehead atoms. The number of carbonyl (C=O) groups is 1. The summed E-state index contributed by atoms with van der Waals surface area (Å²) in [7, 11) is 0. The first-order valence-corrected chi connectivity index (χ1v) is 9.98. The fraction of sp³-hybridized carbons (Fsp3) is 0.619. The van der Waals surface area contributed by atoms with E-state index in [-0.39, 0.29) is 0 Å². The number of unbranched alkanes of at least 4 members (excludes halogenated alkanes) is 8. The van der Waals surface area contributed by atoms with Gasteiger partial charge in [0.15, 0.2) is 0 Å². The van der Waals surface area contributed by atoms with Crippen LogP contribution >= 0.6 is 0 Å². The molecule has 1 aromatic carbocycles. The number of amides is 1. The summed E-state index contributed by atoms with van der Waals surface area (Å²) in [4.78, 5) is 15.2. The van der Waals surface area contributed by atoms with Crippen molar-refractivity contribution in [1.29, 1.82) is 0 Å². The van der Waals surface area contributed by atoms with E-state index in [0.29, 0.717) is 6.54 Å². The minimum absolute atomic E-state index is 0.643. The van der Waals surface area contributed by atoms with Crippen LogP contribution in [0.15, 0.2) is 24.3 Å². The summed E-state index contributed by atoms with van der Waals surface area (Å²) in [5.74, 6) is 1.08. The van der Waals surface area contributed by atoms with Gasteiger partial charge in [-0.3, -0.25) is 4.79 Å². The van der Waals surface area contributed by atoms with Crippen molar-refractivity contribution < 1.29 is 4.79 Å². The second kappa shape index (κ2) is 11.7. The van der Waals surface area contributed by atoms with E-state index in [4.69, 9.17) is 4.98 Å². The van der Waals surface area contributed by atoms with Gasteiger partial charge in [-0.2, -0.15) is 0 Å². The number of hydrogen-bond donors (Lipinski definition) is 1. The maximum atomic E-state index is 10.5. The first-order chi connectivity index (χ1) is 12.4. The Kier molecular flexibility index (Phi) is 9.09. The van der Waals surface area contributed by atoms with Crippen LogP contribution in [0.2, 0.25) is 0 Å². The highest BCUT2D eigenvalue weighted by Crippen LogP contribution is 2.18. The predicted octanol–water partition coefficient (Wildman–Crippen LogP) is 4.86. The summed E-state index contributed by atoms with van der Waals surface area (Å²) in [6, 6.07) is 8.32. The number of fused-ring (bicyclic) bond motifs is 1. The molecular weight excluding hydrogens is 310 g/mol. The van der Waals surface area contributed by atoms with Crippen molar-refractivity contribution in [3.63, 3.8) is 0 Å². The van der Waals surface area contributed by atoms with Crippen molar-refractivity contribution in [2.45, 2.75) is 77.7 Å². The van der Waals surface area contributed by atoms with Crippen molar-refractivity contribution in [2.24, 2.45) is 0 Å².